The second-order valence-electron chi connectivity index (χ2n) is 4.12. The van der Waals surface area contributed by atoms with Gasteiger partial charge in [0, 0.05) is 17.8 Å². The molecule has 0 saturated carbocycles. The zero-order chi connectivity index (χ0) is 12.4. The third-order valence-corrected chi connectivity index (χ3v) is 2.94. The first-order chi connectivity index (χ1) is 8.84. The quantitative estimate of drug-likeness (QED) is 0.622. The normalized spacial score (nSPS) is 11.4. The van der Waals surface area contributed by atoms with Crippen molar-refractivity contribution < 1.29 is 4.39 Å². The van der Waals surface area contributed by atoms with E-state index in [4.69, 9.17) is 0 Å². The number of hydrogen-bond acceptors (Lipinski definition) is 0. The summed E-state index contributed by atoms with van der Waals surface area (Å²) in [7, 11) is 0. The summed E-state index contributed by atoms with van der Waals surface area (Å²) in [6, 6.07) is 16.9. The van der Waals surface area contributed by atoms with E-state index in [9.17, 15) is 4.39 Å². The maximum absolute atomic E-state index is 13.5. The molecule has 0 aliphatic carbocycles. The lowest BCUT2D eigenvalue weighted by molar-refractivity contribution is 0.640. The Morgan fingerprint density at radius 3 is 2.56 bits per heavy atom. The van der Waals surface area contributed by atoms with Crippen LogP contribution in [0.3, 0.4) is 0 Å². The SMILES string of the molecule is Fc1cccc2c1ccn2C=Cc1ccccc1. The summed E-state index contributed by atoms with van der Waals surface area (Å²) < 4.78 is 15.4. The van der Waals surface area contributed by atoms with E-state index in [2.05, 4.69) is 0 Å². The van der Waals surface area contributed by atoms with Crippen molar-refractivity contribution in [2.24, 2.45) is 0 Å². The van der Waals surface area contributed by atoms with Crippen molar-refractivity contribution in [1.82, 2.24) is 4.57 Å². The van der Waals surface area contributed by atoms with Crippen LogP contribution in [0, 0.1) is 5.82 Å². The predicted molar refractivity (Wildman–Crippen MR) is 73.6 cm³/mol. The molecule has 0 aliphatic heterocycles. The fourth-order valence-electron chi connectivity index (χ4n) is 2.01. The van der Waals surface area contributed by atoms with Crippen LogP contribution in [0.2, 0.25) is 0 Å². The molecule has 2 heteroatoms. The summed E-state index contributed by atoms with van der Waals surface area (Å²) in [5, 5.41) is 0.648. The van der Waals surface area contributed by atoms with Crippen molar-refractivity contribution in [3.63, 3.8) is 0 Å². The Morgan fingerprint density at radius 1 is 0.889 bits per heavy atom. The van der Waals surface area contributed by atoms with E-state index in [0.29, 0.717) is 5.39 Å². The number of fused-ring (bicyclic) bond motifs is 1. The molecule has 0 saturated heterocycles. The Balaban J connectivity index is 2.01. The van der Waals surface area contributed by atoms with Crippen molar-refractivity contribution in [2.75, 3.05) is 0 Å². The molecule has 3 aromatic rings. The first-order valence-electron chi connectivity index (χ1n) is 5.83. The van der Waals surface area contributed by atoms with E-state index < -0.39 is 0 Å². The Labute approximate surface area is 105 Å². The van der Waals surface area contributed by atoms with Gasteiger partial charge in [-0.2, -0.15) is 0 Å². The summed E-state index contributed by atoms with van der Waals surface area (Å²) in [6.45, 7) is 0. The molecule has 0 bridgehead atoms. The maximum Gasteiger partial charge on any atom is 0.132 e. The molecule has 2 aromatic carbocycles. The van der Waals surface area contributed by atoms with Gasteiger partial charge in [-0.25, -0.2) is 4.39 Å². The van der Waals surface area contributed by atoms with Crippen molar-refractivity contribution in [2.45, 2.75) is 0 Å². The van der Waals surface area contributed by atoms with Gasteiger partial charge >= 0.3 is 0 Å². The van der Waals surface area contributed by atoms with Crippen LogP contribution >= 0.6 is 0 Å². The highest BCUT2D eigenvalue weighted by molar-refractivity contribution is 5.83. The Bertz CT molecular complexity index is 695. The van der Waals surface area contributed by atoms with Crippen molar-refractivity contribution >= 4 is 23.2 Å². The van der Waals surface area contributed by atoms with E-state index in [0.717, 1.165) is 11.1 Å². The van der Waals surface area contributed by atoms with Crippen LogP contribution in [0.5, 0.6) is 0 Å². The van der Waals surface area contributed by atoms with E-state index in [-0.39, 0.29) is 5.82 Å². The number of aromatic nitrogens is 1. The largest absolute Gasteiger partial charge is 0.323 e. The fraction of sp³-hybridized carbons (Fsp3) is 0. The first kappa shape index (κ1) is 10.8. The van der Waals surface area contributed by atoms with E-state index in [1.54, 1.807) is 12.1 Å². The highest BCUT2D eigenvalue weighted by Gasteiger charge is 2.02. The van der Waals surface area contributed by atoms with E-state index in [1.165, 1.54) is 6.07 Å². The molecule has 0 amide bonds. The number of halogens is 1. The number of rotatable bonds is 2. The molecule has 0 atom stereocenters. The lowest BCUT2D eigenvalue weighted by Gasteiger charge is -1.98. The van der Waals surface area contributed by atoms with Gasteiger partial charge in [0.05, 0.1) is 5.52 Å². The van der Waals surface area contributed by atoms with Crippen LogP contribution in [0.1, 0.15) is 5.56 Å². The molecule has 88 valence electrons. The molecule has 1 heterocycles. The molecule has 18 heavy (non-hydrogen) atoms. The third kappa shape index (κ3) is 1.93. The highest BCUT2D eigenvalue weighted by atomic mass is 19.1. The minimum Gasteiger partial charge on any atom is -0.323 e. The molecule has 3 rings (SSSR count). The van der Waals surface area contributed by atoms with Gasteiger partial charge in [-0.3, -0.25) is 0 Å². The minimum absolute atomic E-state index is 0.181. The molecule has 0 fully saturated rings. The van der Waals surface area contributed by atoms with Crippen LogP contribution in [-0.2, 0) is 0 Å². The predicted octanol–water partition coefficient (Wildman–Crippen LogP) is 4.41. The van der Waals surface area contributed by atoms with Crippen molar-refractivity contribution in [3.8, 4) is 0 Å². The number of benzene rings is 2. The van der Waals surface area contributed by atoms with Gasteiger partial charge < -0.3 is 4.57 Å². The Hall–Kier alpha value is -2.35. The van der Waals surface area contributed by atoms with Crippen LogP contribution in [0.4, 0.5) is 4.39 Å². The second kappa shape index (κ2) is 4.49. The first-order valence-corrected chi connectivity index (χ1v) is 5.83. The lowest BCUT2D eigenvalue weighted by atomic mass is 10.2. The van der Waals surface area contributed by atoms with Crippen LogP contribution < -0.4 is 0 Å². The molecule has 0 N–H and O–H groups in total. The van der Waals surface area contributed by atoms with Gasteiger partial charge in [0.15, 0.2) is 0 Å². The molecule has 0 unspecified atom stereocenters. The Morgan fingerprint density at radius 2 is 1.72 bits per heavy atom. The van der Waals surface area contributed by atoms with Crippen LogP contribution in [0.15, 0.2) is 60.8 Å². The lowest BCUT2D eigenvalue weighted by Crippen LogP contribution is -1.83. The summed E-state index contributed by atoms with van der Waals surface area (Å²) in [6.07, 6.45) is 5.81. The van der Waals surface area contributed by atoms with Crippen molar-refractivity contribution in [1.29, 1.82) is 0 Å². The summed E-state index contributed by atoms with van der Waals surface area (Å²) in [4.78, 5) is 0. The van der Waals surface area contributed by atoms with Crippen molar-refractivity contribution in [3.05, 3.63) is 72.2 Å². The van der Waals surface area contributed by atoms with Gasteiger partial charge in [0.25, 0.3) is 0 Å². The number of hydrogen-bond donors (Lipinski definition) is 0. The van der Waals surface area contributed by atoms with Gasteiger partial charge in [-0.05, 0) is 29.8 Å². The average Bonchev–Trinajstić information content (AvgIpc) is 2.82. The van der Waals surface area contributed by atoms with Gasteiger partial charge in [-0.1, -0.05) is 36.4 Å². The monoisotopic (exact) mass is 237 g/mol. The second-order valence-corrected chi connectivity index (χ2v) is 4.12. The number of nitrogens with zero attached hydrogens (tertiary/aromatic N) is 1. The zero-order valence-electron chi connectivity index (χ0n) is 9.75. The molecule has 1 aromatic heterocycles. The molecular weight excluding hydrogens is 225 g/mol. The fourth-order valence-corrected chi connectivity index (χ4v) is 2.01. The smallest absolute Gasteiger partial charge is 0.132 e. The topological polar surface area (TPSA) is 4.93 Å². The average molecular weight is 237 g/mol. The summed E-state index contributed by atoms with van der Waals surface area (Å²) >= 11 is 0. The summed E-state index contributed by atoms with van der Waals surface area (Å²) in [5.41, 5.74) is 2.00. The maximum atomic E-state index is 13.5. The standard InChI is InChI=1S/C16H12FN/c17-15-7-4-8-16-14(15)10-12-18(16)11-9-13-5-2-1-3-6-13/h1-12H. The van der Waals surface area contributed by atoms with Crippen LogP contribution in [-0.4, -0.2) is 4.57 Å². The zero-order valence-corrected chi connectivity index (χ0v) is 9.75. The molecular formula is C16H12FN. The van der Waals surface area contributed by atoms with Crippen LogP contribution in [0.25, 0.3) is 23.2 Å². The molecule has 0 radical (unpaired) electrons. The molecule has 1 nitrogen and oxygen atoms in total. The van der Waals surface area contributed by atoms with Gasteiger partial charge in [-0.15, -0.1) is 0 Å². The molecule has 0 aliphatic rings. The van der Waals surface area contributed by atoms with Gasteiger partial charge in [0.1, 0.15) is 5.82 Å². The Kier molecular flexibility index (Phi) is 2.69. The summed E-state index contributed by atoms with van der Waals surface area (Å²) in [5.74, 6) is -0.181. The van der Waals surface area contributed by atoms with Gasteiger partial charge in [0.2, 0.25) is 0 Å². The van der Waals surface area contributed by atoms with E-state index >= 15 is 0 Å². The third-order valence-electron chi connectivity index (χ3n) is 2.94. The minimum atomic E-state index is -0.181. The molecule has 0 spiro atoms. The van der Waals surface area contributed by atoms with E-state index in [1.807, 2.05) is 59.4 Å². The highest BCUT2D eigenvalue weighted by Crippen LogP contribution is 2.19.